The van der Waals surface area contributed by atoms with Crippen LogP contribution in [0.1, 0.15) is 17.3 Å². The number of sulfonamides is 1. The number of H-pyrrole nitrogens is 1. The van der Waals surface area contributed by atoms with Gasteiger partial charge in [-0.2, -0.15) is 27.0 Å². The van der Waals surface area contributed by atoms with Crippen molar-refractivity contribution in [2.24, 2.45) is 0 Å². The van der Waals surface area contributed by atoms with E-state index in [1.54, 1.807) is 0 Å². The molecular formula is C16H16ClF4N3O4S. The quantitative estimate of drug-likeness (QED) is 0.673. The smallest absolute Gasteiger partial charge is 0.323 e. The average molecular weight is 458 g/mol. The molecule has 2 heterocycles. The van der Waals surface area contributed by atoms with Crippen molar-refractivity contribution >= 4 is 21.6 Å². The second-order valence-corrected chi connectivity index (χ2v) is 8.53. The van der Waals surface area contributed by atoms with Crippen molar-refractivity contribution in [1.29, 1.82) is 0 Å². The lowest BCUT2D eigenvalue weighted by atomic mass is 9.94. The van der Waals surface area contributed by atoms with Gasteiger partial charge >= 0.3 is 12.2 Å². The van der Waals surface area contributed by atoms with Crippen molar-refractivity contribution in [3.8, 4) is 0 Å². The highest BCUT2D eigenvalue weighted by atomic mass is 35.5. The van der Waals surface area contributed by atoms with Crippen molar-refractivity contribution in [3.05, 3.63) is 46.7 Å². The van der Waals surface area contributed by atoms with Crippen molar-refractivity contribution in [2.45, 2.75) is 35.6 Å². The van der Waals surface area contributed by atoms with Crippen LogP contribution in [0, 0.1) is 0 Å². The molecule has 29 heavy (non-hydrogen) atoms. The predicted octanol–water partition coefficient (Wildman–Crippen LogP) is 3.20. The first-order valence-electron chi connectivity index (χ1n) is 8.13. The SMILES string of the molecule is COC(F)(F)C1Cc2[nH]ncc2C(C(F)(F)OC)N1S(=O)(=O)c1ccc(Cl)cc1. The summed E-state index contributed by atoms with van der Waals surface area (Å²) >= 11 is 5.75. The first-order valence-corrected chi connectivity index (χ1v) is 9.94. The Morgan fingerprint density at radius 3 is 2.28 bits per heavy atom. The van der Waals surface area contributed by atoms with E-state index < -0.39 is 45.6 Å². The van der Waals surface area contributed by atoms with Crippen LogP contribution in [0.25, 0.3) is 0 Å². The highest BCUT2D eigenvalue weighted by molar-refractivity contribution is 7.89. The summed E-state index contributed by atoms with van der Waals surface area (Å²) < 4.78 is 93.6. The molecule has 0 saturated heterocycles. The van der Waals surface area contributed by atoms with Crippen LogP contribution in [0.3, 0.4) is 0 Å². The molecule has 13 heteroatoms. The first-order chi connectivity index (χ1) is 13.5. The Morgan fingerprint density at radius 1 is 1.14 bits per heavy atom. The third-order valence-corrected chi connectivity index (χ3v) is 6.79. The van der Waals surface area contributed by atoms with Gasteiger partial charge in [-0.25, -0.2) is 8.42 Å². The highest BCUT2D eigenvalue weighted by Gasteiger charge is 2.61. The fourth-order valence-corrected chi connectivity index (χ4v) is 5.10. The third kappa shape index (κ3) is 3.75. The number of alkyl halides is 4. The molecule has 0 radical (unpaired) electrons. The van der Waals surface area contributed by atoms with Crippen LogP contribution < -0.4 is 0 Å². The molecule has 7 nitrogen and oxygen atoms in total. The summed E-state index contributed by atoms with van der Waals surface area (Å²) in [4.78, 5) is -0.498. The number of fused-ring (bicyclic) bond motifs is 1. The lowest BCUT2D eigenvalue weighted by molar-refractivity contribution is -0.290. The largest absolute Gasteiger partial charge is 0.376 e. The lowest BCUT2D eigenvalue weighted by Gasteiger charge is -2.44. The minimum Gasteiger partial charge on any atom is -0.323 e. The molecule has 1 aromatic heterocycles. The molecule has 2 atom stereocenters. The monoisotopic (exact) mass is 457 g/mol. The number of methoxy groups -OCH3 is 2. The standard InChI is InChI=1S/C16H16ClF4N3O4S/c1-27-15(18,19)13-7-12-11(8-22-23-12)14(16(20,21)28-2)24(13)29(25,26)10-5-3-9(17)4-6-10/h3-6,8,13-14H,7H2,1-2H3,(H,22,23). The van der Waals surface area contributed by atoms with E-state index in [0.29, 0.717) is 14.2 Å². The molecule has 160 valence electrons. The van der Waals surface area contributed by atoms with Gasteiger partial charge in [-0.1, -0.05) is 11.6 Å². The van der Waals surface area contributed by atoms with E-state index in [9.17, 15) is 26.0 Å². The Morgan fingerprint density at radius 2 is 1.72 bits per heavy atom. The van der Waals surface area contributed by atoms with E-state index in [1.165, 1.54) is 12.1 Å². The molecule has 0 saturated carbocycles. The molecule has 1 aromatic carbocycles. The molecule has 1 N–H and O–H groups in total. The number of hydrogen-bond donors (Lipinski definition) is 1. The average Bonchev–Trinajstić information content (AvgIpc) is 3.15. The van der Waals surface area contributed by atoms with Crippen LogP contribution in [0.2, 0.25) is 5.02 Å². The predicted molar refractivity (Wildman–Crippen MR) is 93.2 cm³/mol. The van der Waals surface area contributed by atoms with Crippen LogP contribution in [0.4, 0.5) is 17.6 Å². The molecule has 1 aliphatic heterocycles. The van der Waals surface area contributed by atoms with Gasteiger partial charge < -0.3 is 9.47 Å². The Bertz CT molecular complexity index is 984. The van der Waals surface area contributed by atoms with Gasteiger partial charge in [0.2, 0.25) is 10.0 Å². The van der Waals surface area contributed by atoms with Gasteiger partial charge in [0.1, 0.15) is 12.1 Å². The van der Waals surface area contributed by atoms with Gasteiger partial charge in [0.15, 0.2) is 0 Å². The molecule has 0 amide bonds. The number of hydrogen-bond acceptors (Lipinski definition) is 5. The van der Waals surface area contributed by atoms with Gasteiger partial charge in [0, 0.05) is 36.9 Å². The third-order valence-electron chi connectivity index (χ3n) is 4.64. The molecular weight excluding hydrogens is 442 g/mol. The molecule has 1 aliphatic rings. The number of ether oxygens (including phenoxy) is 2. The maximum absolute atomic E-state index is 14.7. The molecule has 0 bridgehead atoms. The number of nitrogens with one attached hydrogen (secondary N) is 1. The lowest BCUT2D eigenvalue weighted by Crippen LogP contribution is -2.59. The Kier molecular flexibility index (Phi) is 5.69. The molecule has 0 fully saturated rings. The summed E-state index contributed by atoms with van der Waals surface area (Å²) in [6, 6.07) is -0.239. The van der Waals surface area contributed by atoms with E-state index in [-0.39, 0.29) is 20.6 Å². The zero-order valence-corrected chi connectivity index (χ0v) is 16.6. The number of benzene rings is 1. The summed E-state index contributed by atoms with van der Waals surface area (Å²) in [5.41, 5.74) is -0.353. The Hall–Kier alpha value is -1.73. The van der Waals surface area contributed by atoms with E-state index >= 15 is 0 Å². The van der Waals surface area contributed by atoms with Gasteiger partial charge in [0.25, 0.3) is 0 Å². The van der Waals surface area contributed by atoms with Crippen molar-refractivity contribution < 1.29 is 35.5 Å². The molecule has 0 spiro atoms. The van der Waals surface area contributed by atoms with Crippen LogP contribution >= 0.6 is 11.6 Å². The highest BCUT2D eigenvalue weighted by Crippen LogP contribution is 2.48. The zero-order chi connectivity index (χ0) is 21.6. The summed E-state index contributed by atoms with van der Waals surface area (Å²) in [6.45, 7) is 0. The normalized spacial score (nSPS) is 21.2. The minimum absolute atomic E-state index is 0.0289. The maximum atomic E-state index is 14.7. The van der Waals surface area contributed by atoms with Gasteiger partial charge in [0.05, 0.1) is 11.1 Å². The molecule has 2 unspecified atom stereocenters. The fourth-order valence-electron chi connectivity index (χ4n) is 3.20. The van der Waals surface area contributed by atoms with Crippen molar-refractivity contribution in [1.82, 2.24) is 14.5 Å². The second-order valence-electron chi connectivity index (χ2n) is 6.25. The first kappa shape index (κ1) is 22.0. The van der Waals surface area contributed by atoms with Crippen LogP contribution in [-0.2, 0) is 25.9 Å². The minimum atomic E-state index is -4.87. The Labute approximate surface area is 168 Å². The summed E-state index contributed by atoms with van der Waals surface area (Å²) in [6.07, 6.45) is -7.93. The van der Waals surface area contributed by atoms with Crippen LogP contribution in [0.15, 0.2) is 35.4 Å². The van der Waals surface area contributed by atoms with Gasteiger partial charge in [-0.05, 0) is 24.3 Å². The van der Waals surface area contributed by atoms with E-state index in [2.05, 4.69) is 19.7 Å². The van der Waals surface area contributed by atoms with E-state index in [1.807, 2.05) is 0 Å². The summed E-state index contributed by atoms with van der Waals surface area (Å²) in [7, 11) is -3.58. The molecule has 2 aromatic rings. The molecule has 0 aliphatic carbocycles. The number of aromatic nitrogens is 2. The van der Waals surface area contributed by atoms with Crippen molar-refractivity contribution in [2.75, 3.05) is 14.2 Å². The fraction of sp³-hybridized carbons (Fsp3) is 0.438. The van der Waals surface area contributed by atoms with Crippen LogP contribution in [0.5, 0.6) is 0 Å². The van der Waals surface area contributed by atoms with Gasteiger partial charge in [-0.15, -0.1) is 0 Å². The Balaban J connectivity index is 2.27. The summed E-state index contributed by atoms with van der Waals surface area (Å²) in [5, 5.41) is 6.15. The second kappa shape index (κ2) is 7.51. The summed E-state index contributed by atoms with van der Waals surface area (Å²) in [5.74, 6) is 0. The van der Waals surface area contributed by atoms with E-state index in [0.717, 1.165) is 18.3 Å². The number of halogens is 5. The maximum Gasteiger partial charge on any atom is 0.376 e. The molecule has 3 rings (SSSR count). The van der Waals surface area contributed by atoms with Crippen molar-refractivity contribution in [3.63, 3.8) is 0 Å². The number of nitrogens with zero attached hydrogens (tertiary/aromatic N) is 2. The zero-order valence-electron chi connectivity index (χ0n) is 15.1. The number of rotatable bonds is 6. The van der Waals surface area contributed by atoms with Gasteiger partial charge in [-0.3, -0.25) is 5.10 Å². The van der Waals surface area contributed by atoms with Crippen LogP contribution in [-0.4, -0.2) is 55.4 Å². The topological polar surface area (TPSA) is 84.5 Å². The van der Waals surface area contributed by atoms with E-state index in [4.69, 9.17) is 11.6 Å². The number of aromatic amines is 1.